The fourth-order valence-corrected chi connectivity index (χ4v) is 3.70. The molecular formula is C17H28N2S. The van der Waals surface area contributed by atoms with E-state index < -0.39 is 0 Å². The number of nitrogens with zero attached hydrogens (tertiary/aromatic N) is 2. The Labute approximate surface area is 128 Å². The van der Waals surface area contributed by atoms with Crippen molar-refractivity contribution in [2.24, 2.45) is 5.92 Å². The minimum absolute atomic E-state index is 0.580. The molecule has 2 heterocycles. The first kappa shape index (κ1) is 15.8. The first-order chi connectivity index (χ1) is 9.56. The van der Waals surface area contributed by atoms with Gasteiger partial charge in [0.1, 0.15) is 0 Å². The summed E-state index contributed by atoms with van der Waals surface area (Å²) in [6, 6.07) is 5.07. The Morgan fingerprint density at radius 2 is 2.05 bits per heavy atom. The highest BCUT2D eigenvalue weighted by molar-refractivity contribution is 7.99. The maximum absolute atomic E-state index is 4.64. The van der Waals surface area contributed by atoms with Crippen LogP contribution in [0.4, 0.5) is 0 Å². The summed E-state index contributed by atoms with van der Waals surface area (Å²) in [6.45, 7) is 11.5. The van der Waals surface area contributed by atoms with Gasteiger partial charge in [-0.15, -0.1) is 11.8 Å². The number of rotatable bonds is 5. The molecule has 0 aliphatic carbocycles. The predicted molar refractivity (Wildman–Crippen MR) is 88.2 cm³/mol. The lowest BCUT2D eigenvalue weighted by atomic mass is 9.95. The van der Waals surface area contributed by atoms with Crippen LogP contribution in [0.15, 0.2) is 23.4 Å². The minimum atomic E-state index is 0.580. The second-order valence-corrected chi connectivity index (χ2v) is 8.09. The molecule has 0 spiro atoms. The number of piperidine rings is 1. The largest absolute Gasteiger partial charge is 0.296 e. The molecule has 0 saturated carbocycles. The zero-order chi connectivity index (χ0) is 14.5. The van der Waals surface area contributed by atoms with Crippen LogP contribution in [0.2, 0.25) is 0 Å². The molecule has 2 nitrogen and oxygen atoms in total. The van der Waals surface area contributed by atoms with E-state index in [-0.39, 0.29) is 0 Å². The molecule has 1 aliphatic heterocycles. The van der Waals surface area contributed by atoms with Crippen LogP contribution in [0.5, 0.6) is 0 Å². The van der Waals surface area contributed by atoms with E-state index in [1.807, 2.05) is 11.8 Å². The van der Waals surface area contributed by atoms with Gasteiger partial charge >= 0.3 is 0 Å². The summed E-state index contributed by atoms with van der Waals surface area (Å²) in [5.74, 6) is 0.735. The van der Waals surface area contributed by atoms with E-state index in [9.17, 15) is 0 Å². The lowest BCUT2D eigenvalue weighted by Gasteiger charge is -2.37. The van der Waals surface area contributed by atoms with E-state index in [1.165, 1.54) is 37.9 Å². The third-order valence-electron chi connectivity index (χ3n) is 3.71. The molecule has 1 saturated heterocycles. The zero-order valence-electron chi connectivity index (χ0n) is 13.3. The number of pyridine rings is 1. The molecule has 0 amide bonds. The summed E-state index contributed by atoms with van der Waals surface area (Å²) in [5, 5.41) is 1.75. The first-order valence-electron chi connectivity index (χ1n) is 7.93. The lowest BCUT2D eigenvalue weighted by molar-refractivity contribution is 0.132. The van der Waals surface area contributed by atoms with Gasteiger partial charge in [-0.05, 0) is 36.9 Å². The molecule has 0 N–H and O–H groups in total. The molecule has 2 rings (SSSR count). The van der Waals surface area contributed by atoms with Gasteiger partial charge in [-0.25, -0.2) is 4.98 Å². The molecule has 20 heavy (non-hydrogen) atoms. The van der Waals surface area contributed by atoms with Gasteiger partial charge in [-0.3, -0.25) is 4.90 Å². The van der Waals surface area contributed by atoms with Gasteiger partial charge in [0.25, 0.3) is 0 Å². The lowest BCUT2D eigenvalue weighted by Crippen LogP contribution is -2.36. The number of hydrogen-bond acceptors (Lipinski definition) is 3. The van der Waals surface area contributed by atoms with Crippen LogP contribution < -0.4 is 0 Å². The van der Waals surface area contributed by atoms with Crippen molar-refractivity contribution in [2.45, 2.75) is 63.3 Å². The fourth-order valence-electron chi connectivity index (χ4n) is 2.96. The molecule has 0 bridgehead atoms. The molecule has 112 valence electrons. The third-order valence-corrected chi connectivity index (χ3v) is 4.67. The highest BCUT2D eigenvalue weighted by Crippen LogP contribution is 2.32. The van der Waals surface area contributed by atoms with Crippen molar-refractivity contribution in [2.75, 3.05) is 13.1 Å². The van der Waals surface area contributed by atoms with E-state index in [4.69, 9.17) is 0 Å². The Morgan fingerprint density at radius 3 is 2.65 bits per heavy atom. The average Bonchev–Trinajstić information content (AvgIpc) is 2.39. The van der Waals surface area contributed by atoms with E-state index in [0.717, 1.165) is 10.9 Å². The third kappa shape index (κ3) is 4.49. The van der Waals surface area contributed by atoms with Crippen molar-refractivity contribution in [3.8, 4) is 0 Å². The van der Waals surface area contributed by atoms with Gasteiger partial charge in [-0.2, -0.15) is 0 Å². The van der Waals surface area contributed by atoms with Crippen molar-refractivity contribution in [3.63, 3.8) is 0 Å². The normalized spacial score (nSPS) is 20.8. The maximum Gasteiger partial charge on any atom is 0.0962 e. The second kappa shape index (κ2) is 7.46. The summed E-state index contributed by atoms with van der Waals surface area (Å²) in [4.78, 5) is 7.30. The van der Waals surface area contributed by atoms with Gasteiger partial charge in [0.15, 0.2) is 0 Å². The van der Waals surface area contributed by atoms with Crippen LogP contribution in [-0.2, 0) is 0 Å². The van der Waals surface area contributed by atoms with E-state index in [0.29, 0.717) is 11.3 Å². The topological polar surface area (TPSA) is 16.1 Å². The highest BCUT2D eigenvalue weighted by Gasteiger charge is 2.24. The standard InChI is InChI=1S/C17H28N2S/c1-13(2)12-19-10-6-5-7-16(19)15-8-9-17(18-11-15)20-14(3)4/h8-9,11,13-14,16H,5-7,10,12H2,1-4H3/t16-/m1/s1. The number of likely N-dealkylation sites (tertiary alicyclic amines) is 1. The molecular weight excluding hydrogens is 264 g/mol. The second-order valence-electron chi connectivity index (χ2n) is 6.50. The Balaban J connectivity index is 2.07. The predicted octanol–water partition coefficient (Wildman–Crippen LogP) is 4.77. The molecule has 1 atom stereocenters. The van der Waals surface area contributed by atoms with Gasteiger partial charge in [-0.1, -0.05) is 40.2 Å². The molecule has 1 aromatic heterocycles. The SMILES string of the molecule is CC(C)CN1CCCC[C@@H]1c1ccc(SC(C)C)nc1. The van der Waals surface area contributed by atoms with Gasteiger partial charge < -0.3 is 0 Å². The van der Waals surface area contributed by atoms with Crippen LogP contribution in [0, 0.1) is 5.92 Å². The van der Waals surface area contributed by atoms with E-state index in [1.54, 1.807) is 0 Å². The monoisotopic (exact) mass is 292 g/mol. The van der Waals surface area contributed by atoms with Crippen LogP contribution in [0.25, 0.3) is 0 Å². The molecule has 0 aromatic carbocycles. The molecule has 1 aromatic rings. The van der Waals surface area contributed by atoms with Crippen molar-refractivity contribution in [3.05, 3.63) is 23.9 Å². The summed E-state index contributed by atoms with van der Waals surface area (Å²) >= 11 is 1.84. The smallest absolute Gasteiger partial charge is 0.0962 e. The quantitative estimate of drug-likeness (QED) is 0.728. The van der Waals surface area contributed by atoms with Crippen molar-refractivity contribution in [1.29, 1.82) is 0 Å². The average molecular weight is 292 g/mol. The van der Waals surface area contributed by atoms with Crippen molar-refractivity contribution >= 4 is 11.8 Å². The fraction of sp³-hybridized carbons (Fsp3) is 0.706. The van der Waals surface area contributed by atoms with E-state index in [2.05, 4.69) is 55.9 Å². The minimum Gasteiger partial charge on any atom is -0.296 e. The van der Waals surface area contributed by atoms with Gasteiger partial charge in [0.05, 0.1) is 5.03 Å². The Bertz CT molecular complexity index is 400. The Hall–Kier alpha value is -0.540. The Morgan fingerprint density at radius 1 is 1.25 bits per heavy atom. The number of thioether (sulfide) groups is 1. The van der Waals surface area contributed by atoms with E-state index >= 15 is 0 Å². The molecule has 1 aliphatic rings. The molecule has 0 unspecified atom stereocenters. The summed E-state index contributed by atoms with van der Waals surface area (Å²) in [6.07, 6.45) is 6.08. The summed E-state index contributed by atoms with van der Waals surface area (Å²) in [5.41, 5.74) is 1.40. The molecule has 3 heteroatoms. The zero-order valence-corrected chi connectivity index (χ0v) is 14.1. The van der Waals surface area contributed by atoms with Crippen LogP contribution in [-0.4, -0.2) is 28.2 Å². The number of aromatic nitrogens is 1. The van der Waals surface area contributed by atoms with Gasteiger partial charge in [0.2, 0.25) is 0 Å². The summed E-state index contributed by atoms with van der Waals surface area (Å²) in [7, 11) is 0. The van der Waals surface area contributed by atoms with Crippen molar-refractivity contribution < 1.29 is 0 Å². The Kier molecular flexibility index (Phi) is 5.91. The van der Waals surface area contributed by atoms with Crippen LogP contribution in [0.3, 0.4) is 0 Å². The molecule has 0 radical (unpaired) electrons. The first-order valence-corrected chi connectivity index (χ1v) is 8.81. The highest BCUT2D eigenvalue weighted by atomic mass is 32.2. The number of hydrogen-bond donors (Lipinski definition) is 0. The van der Waals surface area contributed by atoms with Crippen molar-refractivity contribution in [1.82, 2.24) is 9.88 Å². The summed E-state index contributed by atoms with van der Waals surface area (Å²) < 4.78 is 0. The molecule has 1 fully saturated rings. The van der Waals surface area contributed by atoms with Gasteiger partial charge in [0, 0.05) is 24.0 Å². The van der Waals surface area contributed by atoms with Crippen LogP contribution >= 0.6 is 11.8 Å². The maximum atomic E-state index is 4.64. The van der Waals surface area contributed by atoms with Crippen LogP contribution in [0.1, 0.15) is 58.6 Å².